The van der Waals surface area contributed by atoms with Crippen LogP contribution in [0.1, 0.15) is 43.0 Å². The van der Waals surface area contributed by atoms with Gasteiger partial charge in [0.05, 0.1) is 0 Å². The third-order valence-corrected chi connectivity index (χ3v) is 4.43. The van der Waals surface area contributed by atoms with Gasteiger partial charge in [0.25, 0.3) is 0 Å². The van der Waals surface area contributed by atoms with Crippen molar-refractivity contribution in [3.05, 3.63) is 47.0 Å². The Hall–Kier alpha value is -1.70. The lowest BCUT2D eigenvalue weighted by Gasteiger charge is -2.17. The second-order valence-corrected chi connectivity index (χ2v) is 5.41. The molecule has 92 valence electrons. The Morgan fingerprint density at radius 3 is 2.56 bits per heavy atom. The van der Waals surface area contributed by atoms with Crippen LogP contribution in [0.4, 0.5) is 0 Å². The van der Waals surface area contributed by atoms with Crippen LogP contribution in [-0.4, -0.2) is 11.6 Å². The quantitative estimate of drug-likeness (QED) is 0.743. The number of carbonyl (C=O) groups excluding carboxylic acids is 2. The first kappa shape index (κ1) is 11.4. The fourth-order valence-corrected chi connectivity index (χ4v) is 3.27. The number of benzene rings is 1. The Balaban J connectivity index is 2.02. The van der Waals surface area contributed by atoms with E-state index in [0.29, 0.717) is 12.2 Å². The highest BCUT2D eigenvalue weighted by Gasteiger charge is 2.47. The van der Waals surface area contributed by atoms with Gasteiger partial charge in [-0.15, -0.1) is 0 Å². The molecule has 0 spiro atoms. The Labute approximate surface area is 107 Å². The van der Waals surface area contributed by atoms with Gasteiger partial charge in [0.15, 0.2) is 5.78 Å². The van der Waals surface area contributed by atoms with E-state index in [2.05, 4.69) is 0 Å². The zero-order chi connectivity index (χ0) is 12.8. The summed E-state index contributed by atoms with van der Waals surface area (Å²) in [5.41, 5.74) is 2.42. The molecule has 18 heavy (non-hydrogen) atoms. The van der Waals surface area contributed by atoms with Crippen molar-refractivity contribution in [3.63, 3.8) is 0 Å². The third-order valence-electron chi connectivity index (χ3n) is 4.43. The molecule has 0 N–H and O–H groups in total. The zero-order valence-electron chi connectivity index (χ0n) is 10.5. The van der Waals surface area contributed by atoms with Crippen LogP contribution in [0.3, 0.4) is 0 Å². The molecule has 1 fully saturated rings. The van der Waals surface area contributed by atoms with E-state index in [-0.39, 0.29) is 11.2 Å². The minimum absolute atomic E-state index is 0.115. The molecule has 0 aromatic heterocycles. The number of ketones is 2. The smallest absolute Gasteiger partial charge is 0.188 e. The molecule has 1 unspecified atom stereocenters. The highest BCUT2D eigenvalue weighted by atomic mass is 16.1. The number of fused-ring (bicyclic) bond motifs is 1. The molecule has 2 aliphatic carbocycles. The van der Waals surface area contributed by atoms with E-state index < -0.39 is 0 Å². The maximum atomic E-state index is 12.5. The maximum absolute atomic E-state index is 12.5. The van der Waals surface area contributed by atoms with Gasteiger partial charge in [-0.2, -0.15) is 0 Å². The van der Waals surface area contributed by atoms with E-state index >= 15 is 0 Å². The van der Waals surface area contributed by atoms with E-state index in [1.807, 2.05) is 37.3 Å². The lowest BCUT2D eigenvalue weighted by atomic mass is 9.84. The summed E-state index contributed by atoms with van der Waals surface area (Å²) in [7, 11) is 0. The van der Waals surface area contributed by atoms with Crippen LogP contribution in [0.5, 0.6) is 0 Å². The lowest BCUT2D eigenvalue weighted by Crippen LogP contribution is -2.20. The van der Waals surface area contributed by atoms with Crippen molar-refractivity contribution >= 4 is 11.6 Å². The van der Waals surface area contributed by atoms with Gasteiger partial charge in [-0.05, 0) is 31.8 Å². The number of Topliss-reactive ketones (excluding diaryl/α,β-unsaturated/α-hetero) is 2. The predicted molar refractivity (Wildman–Crippen MR) is 69.4 cm³/mol. The minimum Gasteiger partial charge on any atom is -0.299 e. The summed E-state index contributed by atoms with van der Waals surface area (Å²) in [6.45, 7) is 2.00. The van der Waals surface area contributed by atoms with E-state index in [1.165, 1.54) is 0 Å². The maximum Gasteiger partial charge on any atom is 0.188 e. The average Bonchev–Trinajstić information content (AvgIpc) is 2.87. The summed E-state index contributed by atoms with van der Waals surface area (Å²) in [5, 5.41) is 0. The summed E-state index contributed by atoms with van der Waals surface area (Å²) in [5.74, 6) is 0.428. The number of hydrogen-bond donors (Lipinski definition) is 0. The Morgan fingerprint density at radius 1 is 1.11 bits per heavy atom. The highest BCUT2D eigenvalue weighted by Crippen LogP contribution is 2.51. The normalized spacial score (nSPS) is 26.6. The molecule has 0 radical (unpaired) electrons. The molecule has 0 bridgehead atoms. The minimum atomic E-state index is -0.334. The van der Waals surface area contributed by atoms with Gasteiger partial charge in [0.2, 0.25) is 0 Å². The van der Waals surface area contributed by atoms with Gasteiger partial charge in [0.1, 0.15) is 5.78 Å². The van der Waals surface area contributed by atoms with Gasteiger partial charge in [-0.25, -0.2) is 0 Å². The summed E-state index contributed by atoms with van der Waals surface area (Å²) in [6.07, 6.45) is 2.96. The SMILES string of the molecule is CC12CCC(C(=O)c3ccccc3)=C1CCC2=O. The second-order valence-electron chi connectivity index (χ2n) is 5.41. The van der Waals surface area contributed by atoms with Crippen LogP contribution in [0.2, 0.25) is 0 Å². The van der Waals surface area contributed by atoms with Crippen LogP contribution in [-0.2, 0) is 4.79 Å². The molecule has 0 amide bonds. The second kappa shape index (κ2) is 3.91. The summed E-state index contributed by atoms with van der Waals surface area (Å²) < 4.78 is 0. The number of hydrogen-bond acceptors (Lipinski definition) is 2. The van der Waals surface area contributed by atoms with Crippen molar-refractivity contribution in [2.24, 2.45) is 5.41 Å². The third kappa shape index (κ3) is 1.48. The molecular formula is C16H16O2. The van der Waals surface area contributed by atoms with Crippen molar-refractivity contribution in [2.45, 2.75) is 32.6 Å². The van der Waals surface area contributed by atoms with Crippen LogP contribution in [0, 0.1) is 5.41 Å². The molecule has 1 saturated carbocycles. The first-order valence-electron chi connectivity index (χ1n) is 6.48. The molecule has 0 aliphatic heterocycles. The number of allylic oxidation sites excluding steroid dienone is 2. The van der Waals surface area contributed by atoms with Crippen LogP contribution >= 0.6 is 0 Å². The standard InChI is InChI=1S/C16H16O2/c1-16-10-9-12(13(16)7-8-14(16)17)15(18)11-5-3-2-4-6-11/h2-6H,7-10H2,1H3. The predicted octanol–water partition coefficient (Wildman–Crippen LogP) is 3.33. The zero-order valence-corrected chi connectivity index (χ0v) is 10.5. The lowest BCUT2D eigenvalue weighted by molar-refractivity contribution is -0.123. The van der Waals surface area contributed by atoms with Crippen LogP contribution in [0.15, 0.2) is 41.5 Å². The van der Waals surface area contributed by atoms with E-state index in [9.17, 15) is 9.59 Å². The Bertz CT molecular complexity index is 554. The van der Waals surface area contributed by atoms with E-state index in [4.69, 9.17) is 0 Å². The van der Waals surface area contributed by atoms with Gasteiger partial charge in [0, 0.05) is 23.0 Å². The van der Waals surface area contributed by atoms with Gasteiger partial charge in [-0.1, -0.05) is 30.3 Å². The molecule has 1 aromatic rings. The fourth-order valence-electron chi connectivity index (χ4n) is 3.27. The van der Waals surface area contributed by atoms with Gasteiger partial charge in [-0.3, -0.25) is 9.59 Å². The van der Waals surface area contributed by atoms with Crippen molar-refractivity contribution in [3.8, 4) is 0 Å². The topological polar surface area (TPSA) is 34.1 Å². The van der Waals surface area contributed by atoms with Gasteiger partial charge < -0.3 is 0 Å². The molecular weight excluding hydrogens is 224 g/mol. The molecule has 1 aromatic carbocycles. The fraction of sp³-hybridized carbons (Fsp3) is 0.375. The van der Waals surface area contributed by atoms with Crippen LogP contribution < -0.4 is 0 Å². The van der Waals surface area contributed by atoms with Crippen LogP contribution in [0.25, 0.3) is 0 Å². The monoisotopic (exact) mass is 240 g/mol. The first-order valence-corrected chi connectivity index (χ1v) is 6.48. The molecule has 0 heterocycles. The molecule has 1 atom stereocenters. The molecule has 2 nitrogen and oxygen atoms in total. The molecule has 3 rings (SSSR count). The van der Waals surface area contributed by atoms with Crippen molar-refractivity contribution in [2.75, 3.05) is 0 Å². The first-order chi connectivity index (χ1) is 8.63. The Morgan fingerprint density at radius 2 is 1.83 bits per heavy atom. The summed E-state index contributed by atoms with van der Waals surface area (Å²) >= 11 is 0. The average molecular weight is 240 g/mol. The molecule has 2 heteroatoms. The Kier molecular flexibility index (Phi) is 2.47. The largest absolute Gasteiger partial charge is 0.299 e. The number of carbonyl (C=O) groups is 2. The number of rotatable bonds is 2. The summed E-state index contributed by atoms with van der Waals surface area (Å²) in [6, 6.07) is 9.37. The summed E-state index contributed by atoms with van der Waals surface area (Å²) in [4.78, 5) is 24.4. The van der Waals surface area contributed by atoms with E-state index in [0.717, 1.165) is 36.0 Å². The van der Waals surface area contributed by atoms with Crippen molar-refractivity contribution in [1.29, 1.82) is 0 Å². The van der Waals surface area contributed by atoms with Gasteiger partial charge >= 0.3 is 0 Å². The highest BCUT2D eigenvalue weighted by molar-refractivity contribution is 6.11. The molecule has 2 aliphatic rings. The van der Waals surface area contributed by atoms with E-state index in [1.54, 1.807) is 0 Å². The van der Waals surface area contributed by atoms with Crippen molar-refractivity contribution in [1.82, 2.24) is 0 Å². The molecule has 0 saturated heterocycles. The van der Waals surface area contributed by atoms with Crippen molar-refractivity contribution < 1.29 is 9.59 Å².